The van der Waals surface area contributed by atoms with Gasteiger partial charge in [0.1, 0.15) is 5.82 Å². The largest absolute Gasteiger partial charge is 0.464 e. The Labute approximate surface area is 168 Å². The molecule has 0 radical (unpaired) electrons. The van der Waals surface area contributed by atoms with Crippen molar-refractivity contribution >= 4 is 22.7 Å². The maximum atomic E-state index is 13.4. The summed E-state index contributed by atoms with van der Waals surface area (Å²) >= 11 is 0. The normalized spacial score (nSPS) is 11.2. The van der Waals surface area contributed by atoms with Crippen LogP contribution < -0.4 is 5.32 Å². The number of benzene rings is 1. The summed E-state index contributed by atoms with van der Waals surface area (Å²) in [5.74, 6) is -0.757. The van der Waals surface area contributed by atoms with Crippen molar-refractivity contribution in [1.82, 2.24) is 14.8 Å². The molecule has 2 aromatic heterocycles. The first-order valence-electron chi connectivity index (χ1n) is 9.47. The fourth-order valence-corrected chi connectivity index (χ4v) is 3.10. The quantitative estimate of drug-likeness (QED) is 0.456. The van der Waals surface area contributed by atoms with Crippen molar-refractivity contribution in [2.75, 3.05) is 32.7 Å². The molecule has 0 saturated heterocycles. The van der Waals surface area contributed by atoms with Crippen LogP contribution in [0.15, 0.2) is 30.3 Å². The van der Waals surface area contributed by atoms with Gasteiger partial charge in [-0.2, -0.15) is 5.10 Å². The lowest BCUT2D eigenvalue weighted by Gasteiger charge is -2.11. The molecule has 0 aliphatic heterocycles. The van der Waals surface area contributed by atoms with Crippen molar-refractivity contribution in [3.8, 4) is 5.69 Å². The number of nitrogens with zero attached hydrogens (tertiary/aromatic N) is 3. The van der Waals surface area contributed by atoms with Gasteiger partial charge in [0, 0.05) is 25.9 Å². The van der Waals surface area contributed by atoms with Crippen LogP contribution in [0.2, 0.25) is 0 Å². The van der Waals surface area contributed by atoms with E-state index in [1.807, 2.05) is 13.8 Å². The number of halogens is 1. The molecule has 1 aromatic carbocycles. The number of nitrogens with one attached hydrogen (secondary N) is 1. The minimum Gasteiger partial charge on any atom is -0.464 e. The van der Waals surface area contributed by atoms with Gasteiger partial charge in [-0.25, -0.2) is 18.9 Å². The lowest BCUT2D eigenvalue weighted by atomic mass is 10.1. The Morgan fingerprint density at radius 3 is 2.59 bits per heavy atom. The van der Waals surface area contributed by atoms with Crippen LogP contribution in [0.5, 0.6) is 0 Å². The van der Waals surface area contributed by atoms with Crippen molar-refractivity contribution in [3.63, 3.8) is 0 Å². The standard InChI is InChI=1S/C21H25FN4O3/c1-13(2)19-18-16(23-10-5-11-28-3)12-17(21(27)29-4)24-20(18)26(25-19)15-8-6-14(22)7-9-15/h6-9,12-13H,5,10-11H2,1-4H3,(H,23,24). The summed E-state index contributed by atoms with van der Waals surface area (Å²) in [6.45, 7) is 5.36. The fourth-order valence-electron chi connectivity index (χ4n) is 3.10. The van der Waals surface area contributed by atoms with Gasteiger partial charge >= 0.3 is 5.97 Å². The second-order valence-electron chi connectivity index (χ2n) is 6.95. The molecule has 0 spiro atoms. The SMILES string of the molecule is COCCCNc1cc(C(=O)OC)nc2c1c(C(C)C)nn2-c1ccc(F)cc1. The Bertz CT molecular complexity index is 999. The highest BCUT2D eigenvalue weighted by Crippen LogP contribution is 2.33. The number of esters is 1. The predicted molar refractivity (Wildman–Crippen MR) is 109 cm³/mol. The molecule has 0 unspecified atom stereocenters. The smallest absolute Gasteiger partial charge is 0.356 e. The molecule has 3 aromatic rings. The van der Waals surface area contributed by atoms with Crippen LogP contribution in [0.3, 0.4) is 0 Å². The van der Waals surface area contributed by atoms with E-state index in [-0.39, 0.29) is 17.4 Å². The first-order chi connectivity index (χ1) is 14.0. The van der Waals surface area contributed by atoms with E-state index in [0.29, 0.717) is 24.5 Å². The highest BCUT2D eigenvalue weighted by molar-refractivity contribution is 5.98. The molecular formula is C21H25FN4O3. The number of ether oxygens (including phenoxy) is 2. The van der Waals surface area contributed by atoms with E-state index in [9.17, 15) is 9.18 Å². The van der Waals surface area contributed by atoms with E-state index in [4.69, 9.17) is 14.6 Å². The molecule has 0 saturated carbocycles. The summed E-state index contributed by atoms with van der Waals surface area (Å²) in [5.41, 5.74) is 2.93. The van der Waals surface area contributed by atoms with Crippen molar-refractivity contribution in [3.05, 3.63) is 47.5 Å². The van der Waals surface area contributed by atoms with Gasteiger partial charge in [-0.3, -0.25) is 0 Å². The number of hydrogen-bond donors (Lipinski definition) is 1. The van der Waals surface area contributed by atoms with Gasteiger partial charge in [-0.15, -0.1) is 0 Å². The third kappa shape index (κ3) is 4.37. The summed E-state index contributed by atoms with van der Waals surface area (Å²) in [4.78, 5) is 16.7. The summed E-state index contributed by atoms with van der Waals surface area (Å²) in [6, 6.07) is 7.68. The van der Waals surface area contributed by atoms with E-state index >= 15 is 0 Å². The summed E-state index contributed by atoms with van der Waals surface area (Å²) < 4.78 is 25.0. The van der Waals surface area contributed by atoms with E-state index in [2.05, 4.69) is 10.3 Å². The van der Waals surface area contributed by atoms with E-state index < -0.39 is 5.97 Å². The Morgan fingerprint density at radius 1 is 1.24 bits per heavy atom. The molecule has 0 fully saturated rings. The van der Waals surface area contributed by atoms with Crippen LogP contribution in [0.4, 0.5) is 10.1 Å². The summed E-state index contributed by atoms with van der Waals surface area (Å²) in [6.07, 6.45) is 0.803. The molecule has 3 rings (SSSR count). The van der Waals surface area contributed by atoms with Gasteiger partial charge in [0.25, 0.3) is 0 Å². The Kier molecular flexibility index (Phi) is 6.43. The van der Waals surface area contributed by atoms with Gasteiger partial charge in [-0.05, 0) is 42.7 Å². The maximum Gasteiger partial charge on any atom is 0.356 e. The van der Waals surface area contributed by atoms with Gasteiger partial charge in [0.05, 0.1) is 23.9 Å². The van der Waals surface area contributed by atoms with Gasteiger partial charge < -0.3 is 14.8 Å². The number of methoxy groups -OCH3 is 2. The van der Waals surface area contributed by atoms with Crippen LogP contribution in [0.25, 0.3) is 16.7 Å². The fraction of sp³-hybridized carbons (Fsp3) is 0.381. The average Bonchev–Trinajstić information content (AvgIpc) is 3.11. The molecule has 0 aliphatic carbocycles. The number of hydrogen-bond acceptors (Lipinski definition) is 6. The van der Waals surface area contributed by atoms with Crippen molar-refractivity contribution in [2.24, 2.45) is 0 Å². The molecule has 29 heavy (non-hydrogen) atoms. The highest BCUT2D eigenvalue weighted by atomic mass is 19.1. The van der Waals surface area contributed by atoms with Crippen LogP contribution in [-0.2, 0) is 9.47 Å². The van der Waals surface area contributed by atoms with Crippen LogP contribution >= 0.6 is 0 Å². The predicted octanol–water partition coefficient (Wildman–Crippen LogP) is 3.92. The molecule has 8 heteroatoms. The summed E-state index contributed by atoms with van der Waals surface area (Å²) in [7, 11) is 2.97. The minimum atomic E-state index is -0.537. The first-order valence-corrected chi connectivity index (χ1v) is 9.47. The van der Waals surface area contributed by atoms with E-state index in [0.717, 1.165) is 23.2 Å². The van der Waals surface area contributed by atoms with E-state index in [1.165, 1.54) is 19.2 Å². The number of carbonyl (C=O) groups excluding carboxylic acids is 1. The number of anilines is 1. The second kappa shape index (κ2) is 9.00. The number of carbonyl (C=O) groups is 1. The molecule has 0 atom stereocenters. The number of pyridine rings is 1. The molecule has 0 amide bonds. The average molecular weight is 400 g/mol. The second-order valence-corrected chi connectivity index (χ2v) is 6.95. The van der Waals surface area contributed by atoms with Crippen molar-refractivity contribution in [1.29, 1.82) is 0 Å². The van der Waals surface area contributed by atoms with Crippen molar-refractivity contribution < 1.29 is 18.7 Å². The molecule has 2 heterocycles. The Hall–Kier alpha value is -3.00. The lowest BCUT2D eigenvalue weighted by molar-refractivity contribution is 0.0594. The lowest BCUT2D eigenvalue weighted by Crippen LogP contribution is -2.10. The maximum absolute atomic E-state index is 13.4. The number of rotatable bonds is 8. The van der Waals surface area contributed by atoms with Crippen LogP contribution in [-0.4, -0.2) is 48.1 Å². The number of aromatic nitrogens is 3. The molecule has 0 bridgehead atoms. The van der Waals surface area contributed by atoms with Gasteiger partial charge in [-0.1, -0.05) is 13.8 Å². The first kappa shape index (κ1) is 20.7. The zero-order valence-electron chi connectivity index (χ0n) is 17.0. The summed E-state index contributed by atoms with van der Waals surface area (Å²) in [5, 5.41) is 8.93. The van der Waals surface area contributed by atoms with Gasteiger partial charge in [0.15, 0.2) is 11.3 Å². The number of fused-ring (bicyclic) bond motifs is 1. The van der Waals surface area contributed by atoms with Crippen LogP contribution in [0, 0.1) is 5.82 Å². The molecule has 1 N–H and O–H groups in total. The molecule has 7 nitrogen and oxygen atoms in total. The minimum absolute atomic E-state index is 0.115. The monoisotopic (exact) mass is 400 g/mol. The Morgan fingerprint density at radius 2 is 1.97 bits per heavy atom. The zero-order chi connectivity index (χ0) is 21.0. The highest BCUT2D eigenvalue weighted by Gasteiger charge is 2.22. The molecular weight excluding hydrogens is 375 g/mol. The topological polar surface area (TPSA) is 78.3 Å². The molecule has 154 valence electrons. The van der Waals surface area contributed by atoms with Crippen molar-refractivity contribution in [2.45, 2.75) is 26.2 Å². The van der Waals surface area contributed by atoms with Gasteiger partial charge in [0.2, 0.25) is 0 Å². The zero-order valence-corrected chi connectivity index (χ0v) is 17.0. The van der Waals surface area contributed by atoms with Crippen LogP contribution in [0.1, 0.15) is 42.4 Å². The third-order valence-corrected chi connectivity index (χ3v) is 4.52. The Balaban J connectivity index is 2.21. The third-order valence-electron chi connectivity index (χ3n) is 4.52. The van der Waals surface area contributed by atoms with E-state index in [1.54, 1.807) is 30.0 Å². The molecule has 0 aliphatic rings.